The van der Waals surface area contributed by atoms with Crippen molar-refractivity contribution in [2.24, 2.45) is 0 Å². The van der Waals surface area contributed by atoms with Crippen LogP contribution < -0.4 is 4.90 Å². The molecule has 0 radical (unpaired) electrons. The molecule has 2 aromatic carbocycles. The van der Waals surface area contributed by atoms with Gasteiger partial charge in [0.2, 0.25) is 0 Å². The number of H-pyrrole nitrogens is 1. The summed E-state index contributed by atoms with van der Waals surface area (Å²) < 4.78 is 0. The Morgan fingerprint density at radius 3 is 2.21 bits per heavy atom. The summed E-state index contributed by atoms with van der Waals surface area (Å²) in [5, 5.41) is 10.7. The Hall–Kier alpha value is -2.62. The molecule has 0 aliphatic heterocycles. The molecule has 4 heteroatoms. The first-order valence-corrected chi connectivity index (χ1v) is 6.16. The summed E-state index contributed by atoms with van der Waals surface area (Å²) in [5.74, 6) is 0.815. The van der Waals surface area contributed by atoms with Gasteiger partial charge in [0.15, 0.2) is 5.82 Å². The van der Waals surface area contributed by atoms with Crippen molar-refractivity contribution in [3.05, 3.63) is 72.4 Å². The molecule has 0 bridgehead atoms. The van der Waals surface area contributed by atoms with Gasteiger partial charge in [0.05, 0.1) is 6.20 Å². The Bertz CT molecular complexity index is 605. The number of hydrogen-bond acceptors (Lipinski definition) is 3. The number of para-hydroxylation sites is 1. The molecule has 0 saturated heterocycles. The summed E-state index contributed by atoms with van der Waals surface area (Å²) in [6.07, 6.45) is 1.73. The average Bonchev–Trinajstić information content (AvgIpc) is 3.01. The lowest BCUT2D eigenvalue weighted by Crippen LogP contribution is -2.16. The molecule has 94 valence electrons. The Labute approximate surface area is 111 Å². The van der Waals surface area contributed by atoms with Gasteiger partial charge in [-0.1, -0.05) is 48.5 Å². The van der Waals surface area contributed by atoms with Gasteiger partial charge in [-0.3, -0.25) is 0 Å². The van der Waals surface area contributed by atoms with Gasteiger partial charge in [0.25, 0.3) is 0 Å². The highest BCUT2D eigenvalue weighted by molar-refractivity contribution is 5.58. The van der Waals surface area contributed by atoms with Gasteiger partial charge in [-0.2, -0.15) is 10.3 Å². The highest BCUT2D eigenvalue weighted by atomic mass is 15.4. The topological polar surface area (TPSA) is 44.8 Å². The highest BCUT2D eigenvalue weighted by Gasteiger charge is 2.11. The molecule has 1 N–H and O–H groups in total. The van der Waals surface area contributed by atoms with Gasteiger partial charge >= 0.3 is 0 Å². The first kappa shape index (κ1) is 11.5. The second kappa shape index (κ2) is 5.35. The van der Waals surface area contributed by atoms with E-state index in [0.717, 1.165) is 18.1 Å². The van der Waals surface area contributed by atoms with E-state index in [1.807, 2.05) is 36.4 Å². The molecule has 0 saturated carbocycles. The van der Waals surface area contributed by atoms with E-state index >= 15 is 0 Å². The van der Waals surface area contributed by atoms with Gasteiger partial charge in [-0.15, -0.1) is 5.10 Å². The standard InChI is InChI=1S/C15H14N4/c1-3-7-13(8-4-1)12-19(15-11-16-18-17-15)14-9-5-2-6-10-14/h1-11H,12H2,(H,16,17,18). The van der Waals surface area contributed by atoms with Crippen molar-refractivity contribution in [2.75, 3.05) is 4.90 Å². The van der Waals surface area contributed by atoms with Crippen molar-refractivity contribution in [1.82, 2.24) is 15.4 Å². The number of rotatable bonds is 4. The maximum atomic E-state index is 4.18. The summed E-state index contributed by atoms with van der Waals surface area (Å²) in [5.41, 5.74) is 2.33. The van der Waals surface area contributed by atoms with Crippen molar-refractivity contribution in [1.29, 1.82) is 0 Å². The molecule has 0 aliphatic carbocycles. The molecule has 0 fully saturated rings. The quantitative estimate of drug-likeness (QED) is 0.773. The van der Waals surface area contributed by atoms with Gasteiger partial charge < -0.3 is 4.90 Å². The fourth-order valence-corrected chi connectivity index (χ4v) is 2.00. The molecular weight excluding hydrogens is 236 g/mol. The van der Waals surface area contributed by atoms with Crippen LogP contribution in [0.2, 0.25) is 0 Å². The van der Waals surface area contributed by atoms with Crippen LogP contribution in [0, 0.1) is 0 Å². The molecule has 3 rings (SSSR count). The number of anilines is 2. The minimum Gasteiger partial charge on any atom is -0.319 e. The average molecular weight is 250 g/mol. The van der Waals surface area contributed by atoms with E-state index in [1.54, 1.807) is 6.20 Å². The maximum Gasteiger partial charge on any atom is 0.175 e. The highest BCUT2D eigenvalue weighted by Crippen LogP contribution is 2.24. The molecule has 3 aromatic rings. The molecule has 1 aromatic heterocycles. The molecule has 0 atom stereocenters. The first-order chi connectivity index (χ1) is 9.43. The van der Waals surface area contributed by atoms with Crippen molar-refractivity contribution in [3.63, 3.8) is 0 Å². The Morgan fingerprint density at radius 1 is 0.895 bits per heavy atom. The van der Waals surface area contributed by atoms with Crippen LogP contribution in [0.3, 0.4) is 0 Å². The van der Waals surface area contributed by atoms with Crippen molar-refractivity contribution >= 4 is 11.5 Å². The normalized spacial score (nSPS) is 10.3. The summed E-state index contributed by atoms with van der Waals surface area (Å²) in [6, 6.07) is 20.5. The van der Waals surface area contributed by atoms with Crippen LogP contribution >= 0.6 is 0 Å². The second-order valence-electron chi connectivity index (χ2n) is 4.24. The molecule has 0 spiro atoms. The zero-order chi connectivity index (χ0) is 12.9. The van der Waals surface area contributed by atoms with Crippen LogP contribution in [-0.2, 0) is 6.54 Å². The Morgan fingerprint density at radius 2 is 1.58 bits per heavy atom. The van der Waals surface area contributed by atoms with Gasteiger partial charge in [-0.05, 0) is 17.7 Å². The Balaban J connectivity index is 1.94. The molecule has 4 nitrogen and oxygen atoms in total. The van der Waals surface area contributed by atoms with Crippen LogP contribution in [0.25, 0.3) is 0 Å². The SMILES string of the molecule is c1ccc(CN(c2ccccc2)c2cn[nH]n2)cc1. The molecular formula is C15H14N4. The third-order valence-electron chi connectivity index (χ3n) is 2.93. The second-order valence-corrected chi connectivity index (χ2v) is 4.24. The summed E-state index contributed by atoms with van der Waals surface area (Å²) in [4.78, 5) is 2.12. The molecule has 19 heavy (non-hydrogen) atoms. The van der Waals surface area contributed by atoms with Crippen molar-refractivity contribution in [2.45, 2.75) is 6.54 Å². The molecule has 1 heterocycles. The predicted molar refractivity (Wildman–Crippen MR) is 75.1 cm³/mol. The number of aromatic nitrogens is 3. The van der Waals surface area contributed by atoms with Crippen LogP contribution in [0.15, 0.2) is 66.9 Å². The van der Waals surface area contributed by atoms with Gasteiger partial charge in [0, 0.05) is 12.2 Å². The van der Waals surface area contributed by atoms with Gasteiger partial charge in [-0.25, -0.2) is 0 Å². The lowest BCUT2D eigenvalue weighted by Gasteiger charge is -2.21. The van der Waals surface area contributed by atoms with Crippen LogP contribution in [-0.4, -0.2) is 15.4 Å². The third kappa shape index (κ3) is 2.63. The van der Waals surface area contributed by atoms with Crippen molar-refractivity contribution < 1.29 is 0 Å². The molecule has 0 unspecified atom stereocenters. The van der Waals surface area contributed by atoms with E-state index in [9.17, 15) is 0 Å². The van der Waals surface area contributed by atoms with Crippen LogP contribution in [0.5, 0.6) is 0 Å². The minimum absolute atomic E-state index is 0.761. The summed E-state index contributed by atoms with van der Waals surface area (Å²) in [6.45, 7) is 0.761. The lowest BCUT2D eigenvalue weighted by atomic mass is 10.2. The van der Waals surface area contributed by atoms with Crippen molar-refractivity contribution in [3.8, 4) is 0 Å². The Kier molecular flexibility index (Phi) is 3.23. The summed E-state index contributed by atoms with van der Waals surface area (Å²) in [7, 11) is 0. The number of benzene rings is 2. The maximum absolute atomic E-state index is 4.18. The van der Waals surface area contributed by atoms with Gasteiger partial charge in [0.1, 0.15) is 0 Å². The lowest BCUT2D eigenvalue weighted by molar-refractivity contribution is 0.902. The number of nitrogens with zero attached hydrogens (tertiary/aromatic N) is 3. The molecule has 0 amide bonds. The fourth-order valence-electron chi connectivity index (χ4n) is 2.00. The van der Waals surface area contributed by atoms with E-state index in [4.69, 9.17) is 0 Å². The monoisotopic (exact) mass is 250 g/mol. The number of nitrogens with one attached hydrogen (secondary N) is 1. The molecule has 0 aliphatic rings. The van der Waals surface area contributed by atoms with E-state index in [0.29, 0.717) is 0 Å². The number of aromatic amines is 1. The zero-order valence-corrected chi connectivity index (χ0v) is 10.4. The predicted octanol–water partition coefficient (Wildman–Crippen LogP) is 3.14. The van der Waals surface area contributed by atoms with E-state index in [2.05, 4.69) is 44.6 Å². The number of hydrogen-bond donors (Lipinski definition) is 1. The first-order valence-electron chi connectivity index (χ1n) is 6.16. The third-order valence-corrected chi connectivity index (χ3v) is 2.93. The fraction of sp³-hybridized carbons (Fsp3) is 0.0667. The van der Waals surface area contributed by atoms with Crippen LogP contribution in [0.1, 0.15) is 5.56 Å². The van der Waals surface area contributed by atoms with E-state index in [-0.39, 0.29) is 0 Å². The smallest absolute Gasteiger partial charge is 0.175 e. The zero-order valence-electron chi connectivity index (χ0n) is 10.4. The largest absolute Gasteiger partial charge is 0.319 e. The van der Waals surface area contributed by atoms with E-state index in [1.165, 1.54) is 5.56 Å². The van der Waals surface area contributed by atoms with Crippen LogP contribution in [0.4, 0.5) is 11.5 Å². The van der Waals surface area contributed by atoms with E-state index < -0.39 is 0 Å². The summed E-state index contributed by atoms with van der Waals surface area (Å²) >= 11 is 0. The minimum atomic E-state index is 0.761.